The average molecular weight is 448 g/mol. The number of benzene rings is 2. The van der Waals surface area contributed by atoms with Gasteiger partial charge >= 0.3 is 0 Å². The molecule has 33 heavy (non-hydrogen) atoms. The second kappa shape index (κ2) is 9.23. The van der Waals surface area contributed by atoms with Gasteiger partial charge in [0, 0.05) is 31.7 Å². The molecular formula is C24H24N4O5. The number of piperazine rings is 1. The highest BCUT2D eigenvalue weighted by Gasteiger charge is 2.42. The standard InChI is InChI=1S/C24H24N4O5/c1-16(28-23(32)18-9-5-6-10-19(18)24(28)33)22(31)27-13-11-26(12-14-27)20(29)15-25-21(30)17-7-3-2-4-8-17/h2-10,16H,11-15H2,1H3,(H,25,30). The third-order valence-corrected chi connectivity index (χ3v) is 5.95. The van der Waals surface area contributed by atoms with Crippen LogP contribution in [-0.4, -0.2) is 83.0 Å². The van der Waals surface area contributed by atoms with Crippen LogP contribution in [0.5, 0.6) is 0 Å². The van der Waals surface area contributed by atoms with Crippen molar-refractivity contribution in [1.29, 1.82) is 0 Å². The van der Waals surface area contributed by atoms with E-state index in [-0.39, 0.29) is 37.4 Å². The summed E-state index contributed by atoms with van der Waals surface area (Å²) in [6, 6.07) is 14.2. The van der Waals surface area contributed by atoms with Crippen LogP contribution in [0.25, 0.3) is 0 Å². The van der Waals surface area contributed by atoms with Gasteiger partial charge in [0.2, 0.25) is 11.8 Å². The maximum Gasteiger partial charge on any atom is 0.262 e. The summed E-state index contributed by atoms with van der Waals surface area (Å²) in [7, 11) is 0. The molecule has 0 radical (unpaired) electrons. The lowest BCUT2D eigenvalue weighted by molar-refractivity contribution is -0.141. The molecule has 9 heteroatoms. The van der Waals surface area contributed by atoms with Gasteiger partial charge in [-0.15, -0.1) is 0 Å². The molecule has 1 fully saturated rings. The van der Waals surface area contributed by atoms with Crippen molar-refractivity contribution in [1.82, 2.24) is 20.0 Å². The highest BCUT2D eigenvalue weighted by Crippen LogP contribution is 2.25. The van der Waals surface area contributed by atoms with E-state index in [9.17, 15) is 24.0 Å². The molecule has 0 bridgehead atoms. The first-order valence-corrected chi connectivity index (χ1v) is 10.7. The van der Waals surface area contributed by atoms with E-state index in [0.29, 0.717) is 29.8 Å². The molecule has 1 saturated heterocycles. The summed E-state index contributed by atoms with van der Waals surface area (Å²) in [5.41, 5.74) is 1.08. The number of amides is 5. The Hall–Kier alpha value is -4.01. The van der Waals surface area contributed by atoms with Crippen LogP contribution in [0.15, 0.2) is 54.6 Å². The van der Waals surface area contributed by atoms with Crippen LogP contribution >= 0.6 is 0 Å². The van der Waals surface area contributed by atoms with E-state index < -0.39 is 17.9 Å². The van der Waals surface area contributed by atoms with Gasteiger partial charge in [0.15, 0.2) is 0 Å². The van der Waals surface area contributed by atoms with Gasteiger partial charge in [-0.25, -0.2) is 0 Å². The summed E-state index contributed by atoms with van der Waals surface area (Å²) in [5, 5.41) is 2.61. The maximum atomic E-state index is 13.0. The Morgan fingerprint density at radius 2 is 1.33 bits per heavy atom. The van der Waals surface area contributed by atoms with Gasteiger partial charge in [0.25, 0.3) is 17.7 Å². The van der Waals surface area contributed by atoms with Crippen molar-refractivity contribution in [3.05, 3.63) is 71.3 Å². The zero-order chi connectivity index (χ0) is 23.5. The molecule has 0 saturated carbocycles. The van der Waals surface area contributed by atoms with Crippen molar-refractivity contribution in [2.75, 3.05) is 32.7 Å². The first-order chi connectivity index (χ1) is 15.9. The minimum absolute atomic E-state index is 0.132. The molecular weight excluding hydrogens is 424 g/mol. The summed E-state index contributed by atoms with van der Waals surface area (Å²) in [4.78, 5) is 67.0. The van der Waals surface area contributed by atoms with Crippen LogP contribution in [0, 0.1) is 0 Å². The van der Waals surface area contributed by atoms with Crippen LogP contribution in [0.2, 0.25) is 0 Å². The summed E-state index contributed by atoms with van der Waals surface area (Å²) in [6.07, 6.45) is 0. The first kappa shape index (κ1) is 22.2. The Morgan fingerprint density at radius 1 is 0.818 bits per heavy atom. The Balaban J connectivity index is 1.29. The van der Waals surface area contributed by atoms with Crippen molar-refractivity contribution >= 4 is 29.5 Å². The van der Waals surface area contributed by atoms with Gasteiger partial charge in [0.05, 0.1) is 17.7 Å². The quantitative estimate of drug-likeness (QED) is 0.680. The molecule has 2 aliphatic heterocycles. The minimum Gasteiger partial charge on any atom is -0.343 e. The van der Waals surface area contributed by atoms with E-state index in [4.69, 9.17) is 0 Å². The Kier molecular flexibility index (Phi) is 6.21. The van der Waals surface area contributed by atoms with Gasteiger partial charge in [-0.2, -0.15) is 0 Å². The average Bonchev–Trinajstić information content (AvgIpc) is 3.12. The van der Waals surface area contributed by atoms with Crippen molar-refractivity contribution in [2.24, 2.45) is 0 Å². The number of carbonyl (C=O) groups excluding carboxylic acids is 5. The highest BCUT2D eigenvalue weighted by atomic mass is 16.2. The first-order valence-electron chi connectivity index (χ1n) is 10.7. The van der Waals surface area contributed by atoms with Gasteiger partial charge in [-0.05, 0) is 31.2 Å². The molecule has 2 heterocycles. The van der Waals surface area contributed by atoms with Crippen LogP contribution in [0.1, 0.15) is 38.0 Å². The predicted molar refractivity (Wildman–Crippen MR) is 118 cm³/mol. The molecule has 1 N–H and O–H groups in total. The number of fused-ring (bicyclic) bond motifs is 1. The Morgan fingerprint density at radius 3 is 1.91 bits per heavy atom. The molecule has 5 amide bonds. The molecule has 0 spiro atoms. The fourth-order valence-corrected chi connectivity index (χ4v) is 4.07. The fraction of sp³-hybridized carbons (Fsp3) is 0.292. The smallest absolute Gasteiger partial charge is 0.262 e. The maximum absolute atomic E-state index is 13.0. The van der Waals surface area contributed by atoms with Crippen molar-refractivity contribution in [2.45, 2.75) is 13.0 Å². The number of hydrogen-bond donors (Lipinski definition) is 1. The van der Waals surface area contributed by atoms with E-state index in [1.165, 1.54) is 0 Å². The fourth-order valence-electron chi connectivity index (χ4n) is 4.07. The lowest BCUT2D eigenvalue weighted by Gasteiger charge is -2.37. The van der Waals surface area contributed by atoms with Gasteiger partial charge < -0.3 is 15.1 Å². The van der Waals surface area contributed by atoms with E-state index in [1.807, 2.05) is 0 Å². The predicted octanol–water partition coefficient (Wildman–Crippen LogP) is 0.772. The molecule has 2 aromatic carbocycles. The largest absolute Gasteiger partial charge is 0.343 e. The van der Waals surface area contributed by atoms with Gasteiger partial charge in [0.1, 0.15) is 6.04 Å². The summed E-state index contributed by atoms with van der Waals surface area (Å²) in [6.45, 7) is 2.59. The second-order valence-electron chi connectivity index (χ2n) is 7.96. The SMILES string of the molecule is CC(C(=O)N1CCN(C(=O)CNC(=O)c2ccccc2)CC1)N1C(=O)c2ccccc2C1=O. The summed E-state index contributed by atoms with van der Waals surface area (Å²) >= 11 is 0. The van der Waals surface area contributed by atoms with Crippen LogP contribution in [0.4, 0.5) is 0 Å². The minimum atomic E-state index is -0.940. The van der Waals surface area contributed by atoms with E-state index in [2.05, 4.69) is 5.32 Å². The third kappa shape index (κ3) is 4.34. The Bertz CT molecular complexity index is 1070. The number of hydrogen-bond acceptors (Lipinski definition) is 5. The number of nitrogens with one attached hydrogen (secondary N) is 1. The zero-order valence-corrected chi connectivity index (χ0v) is 18.2. The van der Waals surface area contributed by atoms with E-state index >= 15 is 0 Å². The number of nitrogens with zero attached hydrogens (tertiary/aromatic N) is 3. The molecule has 9 nitrogen and oxygen atoms in total. The summed E-state index contributed by atoms with van der Waals surface area (Å²) in [5.74, 6) is -1.85. The highest BCUT2D eigenvalue weighted by molar-refractivity contribution is 6.22. The zero-order valence-electron chi connectivity index (χ0n) is 18.2. The molecule has 0 aliphatic carbocycles. The Labute approximate surface area is 190 Å². The normalized spacial score (nSPS) is 16.5. The molecule has 1 atom stereocenters. The number of carbonyl (C=O) groups is 5. The lowest BCUT2D eigenvalue weighted by atomic mass is 10.1. The van der Waals surface area contributed by atoms with Gasteiger partial charge in [-0.3, -0.25) is 28.9 Å². The van der Waals surface area contributed by atoms with Crippen molar-refractivity contribution < 1.29 is 24.0 Å². The monoisotopic (exact) mass is 448 g/mol. The van der Waals surface area contributed by atoms with Crippen LogP contribution in [0.3, 0.4) is 0 Å². The second-order valence-corrected chi connectivity index (χ2v) is 7.96. The van der Waals surface area contributed by atoms with Crippen LogP contribution < -0.4 is 5.32 Å². The molecule has 2 aliphatic rings. The molecule has 1 unspecified atom stereocenters. The number of imide groups is 1. The third-order valence-electron chi connectivity index (χ3n) is 5.95. The van der Waals surface area contributed by atoms with Crippen LogP contribution in [-0.2, 0) is 9.59 Å². The van der Waals surface area contributed by atoms with Crippen molar-refractivity contribution in [3.63, 3.8) is 0 Å². The molecule has 2 aromatic rings. The molecule has 0 aromatic heterocycles. The van der Waals surface area contributed by atoms with E-state index in [0.717, 1.165) is 4.90 Å². The van der Waals surface area contributed by atoms with Gasteiger partial charge in [-0.1, -0.05) is 30.3 Å². The number of rotatable bonds is 5. The van der Waals surface area contributed by atoms with E-state index in [1.54, 1.807) is 71.3 Å². The topological polar surface area (TPSA) is 107 Å². The molecule has 4 rings (SSSR count). The molecule has 170 valence electrons. The van der Waals surface area contributed by atoms with Crippen molar-refractivity contribution in [3.8, 4) is 0 Å². The summed E-state index contributed by atoms with van der Waals surface area (Å²) < 4.78 is 0. The lowest BCUT2D eigenvalue weighted by Crippen LogP contribution is -2.56.